The normalized spacial score (nSPS) is 10.3. The molecule has 0 aliphatic heterocycles. The number of hydrogen-bond donors (Lipinski definition) is 4. The van der Waals surface area contributed by atoms with Gasteiger partial charge in [-0.1, -0.05) is 34.8 Å². The van der Waals surface area contributed by atoms with E-state index in [-0.39, 0.29) is 12.5 Å². The number of alkyl halides is 3. The predicted octanol–water partition coefficient (Wildman–Crippen LogP) is -0.725. The van der Waals surface area contributed by atoms with Crippen LogP contribution in [0.2, 0.25) is 0 Å². The van der Waals surface area contributed by atoms with Gasteiger partial charge in [-0.2, -0.15) is 0 Å². The first-order valence-corrected chi connectivity index (χ1v) is 4.66. The minimum absolute atomic E-state index is 0.0741. The van der Waals surface area contributed by atoms with Gasteiger partial charge in [0, 0.05) is 6.92 Å². The smallest absolute Gasteiger partial charge is 0.240 e. The average molecular weight is 282 g/mol. The second kappa shape index (κ2) is 7.95. The Morgan fingerprint density at radius 1 is 1.40 bits per heavy atom. The molecule has 0 rings (SSSR count). The van der Waals surface area contributed by atoms with Crippen LogP contribution in [0.25, 0.3) is 0 Å². The van der Waals surface area contributed by atoms with E-state index in [1.807, 2.05) is 0 Å². The van der Waals surface area contributed by atoms with Gasteiger partial charge < -0.3 is 21.3 Å². The lowest BCUT2D eigenvalue weighted by Crippen LogP contribution is -2.31. The van der Waals surface area contributed by atoms with Crippen molar-refractivity contribution in [3.8, 4) is 0 Å². The van der Waals surface area contributed by atoms with Crippen LogP contribution in [0.15, 0.2) is 0 Å². The van der Waals surface area contributed by atoms with Gasteiger partial charge in [-0.05, 0) is 0 Å². The quantitative estimate of drug-likeness (QED) is 0.395. The number of amides is 2. The van der Waals surface area contributed by atoms with Crippen molar-refractivity contribution in [3.63, 3.8) is 0 Å². The molecule has 0 unspecified atom stereocenters. The maximum Gasteiger partial charge on any atom is 0.240 e. The topological polar surface area (TPSA) is 113 Å². The first-order chi connectivity index (χ1) is 6.57. The van der Waals surface area contributed by atoms with Gasteiger partial charge in [0.05, 0.1) is 6.54 Å². The molecule has 0 atom stereocenters. The first kappa shape index (κ1) is 17.1. The lowest BCUT2D eigenvalue weighted by molar-refractivity contribution is -0.123. The molecule has 0 aliphatic carbocycles. The van der Waals surface area contributed by atoms with Crippen LogP contribution in [0.3, 0.4) is 0 Å². The molecule has 0 saturated carbocycles. The molecule has 5 N–H and O–H groups in total. The van der Waals surface area contributed by atoms with E-state index in [4.69, 9.17) is 45.0 Å². The fourth-order valence-corrected chi connectivity index (χ4v) is 0.212. The SMILES string of the molecule is CC(=O)NCC(N)=O.OC(O)C(Cl)(Cl)Cl. The van der Waals surface area contributed by atoms with E-state index in [1.54, 1.807) is 0 Å². The van der Waals surface area contributed by atoms with E-state index in [2.05, 4.69) is 11.1 Å². The number of halogens is 3. The number of aliphatic hydroxyl groups is 2. The number of aliphatic hydroxyl groups excluding tert-OH is 1. The molecule has 0 radical (unpaired) electrons. The van der Waals surface area contributed by atoms with Crippen LogP contribution in [0.5, 0.6) is 0 Å². The summed E-state index contributed by atoms with van der Waals surface area (Å²) in [4.78, 5) is 19.9. The van der Waals surface area contributed by atoms with Gasteiger partial charge in [-0.15, -0.1) is 0 Å². The van der Waals surface area contributed by atoms with Crippen LogP contribution in [0.4, 0.5) is 0 Å². The van der Waals surface area contributed by atoms with Crippen molar-refractivity contribution in [2.24, 2.45) is 5.73 Å². The molecule has 0 aromatic rings. The van der Waals surface area contributed by atoms with Crippen molar-refractivity contribution in [2.45, 2.75) is 17.0 Å². The van der Waals surface area contributed by atoms with E-state index >= 15 is 0 Å². The summed E-state index contributed by atoms with van der Waals surface area (Å²) in [5.74, 6) is -0.774. The Morgan fingerprint density at radius 3 is 1.80 bits per heavy atom. The standard InChI is InChI=1S/C4H8N2O2.C2H3Cl3O2/c1-3(7)6-2-4(5)8;3-2(4,5)1(6)7/h2H2,1H3,(H2,5,8)(H,6,7);1,6-7H. The lowest BCUT2D eigenvalue weighted by Gasteiger charge is -2.10. The Morgan fingerprint density at radius 2 is 1.73 bits per heavy atom. The molecular weight excluding hydrogens is 270 g/mol. The molecule has 6 nitrogen and oxygen atoms in total. The van der Waals surface area contributed by atoms with Gasteiger partial charge in [-0.3, -0.25) is 9.59 Å². The minimum Gasteiger partial charge on any atom is -0.368 e. The zero-order valence-electron chi connectivity index (χ0n) is 7.71. The van der Waals surface area contributed by atoms with E-state index in [9.17, 15) is 9.59 Å². The highest BCUT2D eigenvalue weighted by atomic mass is 35.6. The van der Waals surface area contributed by atoms with Crippen LogP contribution in [-0.4, -0.2) is 38.7 Å². The molecule has 0 aromatic carbocycles. The maximum atomic E-state index is 10.0. The molecule has 0 aromatic heterocycles. The highest BCUT2D eigenvalue weighted by Gasteiger charge is 2.28. The monoisotopic (exact) mass is 280 g/mol. The van der Waals surface area contributed by atoms with Gasteiger partial charge in [0.2, 0.25) is 15.6 Å². The van der Waals surface area contributed by atoms with Crippen molar-refractivity contribution in [1.82, 2.24) is 5.32 Å². The van der Waals surface area contributed by atoms with Gasteiger partial charge in [0.15, 0.2) is 6.29 Å². The van der Waals surface area contributed by atoms with Gasteiger partial charge >= 0.3 is 0 Å². The van der Waals surface area contributed by atoms with Crippen LogP contribution in [-0.2, 0) is 9.59 Å². The predicted molar refractivity (Wildman–Crippen MR) is 56.4 cm³/mol. The highest BCUT2D eigenvalue weighted by Crippen LogP contribution is 2.28. The maximum absolute atomic E-state index is 10.0. The summed E-state index contributed by atoms with van der Waals surface area (Å²) >= 11 is 14.7. The van der Waals surface area contributed by atoms with E-state index in [0.717, 1.165) is 0 Å². The minimum atomic E-state index is -1.97. The molecule has 0 spiro atoms. The molecular formula is C6H11Cl3N2O4. The van der Waals surface area contributed by atoms with Crippen molar-refractivity contribution in [1.29, 1.82) is 0 Å². The summed E-state index contributed by atoms with van der Waals surface area (Å²) < 4.78 is -1.97. The lowest BCUT2D eigenvalue weighted by atomic mass is 10.6. The second-order valence-electron chi connectivity index (χ2n) is 2.29. The van der Waals surface area contributed by atoms with Crippen LogP contribution < -0.4 is 11.1 Å². The van der Waals surface area contributed by atoms with Crippen LogP contribution in [0, 0.1) is 0 Å². The largest absolute Gasteiger partial charge is 0.368 e. The summed E-state index contributed by atoms with van der Waals surface area (Å²) in [7, 11) is 0. The third-order valence-corrected chi connectivity index (χ3v) is 1.39. The fourth-order valence-electron chi connectivity index (χ4n) is 0.212. The van der Waals surface area contributed by atoms with Gasteiger partial charge in [-0.25, -0.2) is 0 Å². The van der Waals surface area contributed by atoms with Gasteiger partial charge in [0.1, 0.15) is 0 Å². The molecule has 0 saturated heterocycles. The summed E-state index contributed by atoms with van der Waals surface area (Å²) in [6.45, 7) is 1.25. The number of carbonyl (C=O) groups excluding carboxylic acids is 2. The van der Waals surface area contributed by atoms with Crippen LogP contribution >= 0.6 is 34.8 Å². The Hall–Kier alpha value is -0.270. The fraction of sp³-hybridized carbons (Fsp3) is 0.667. The summed E-state index contributed by atoms with van der Waals surface area (Å²) in [5, 5.41) is 18.3. The average Bonchev–Trinajstić information content (AvgIpc) is 2.00. The molecule has 0 aliphatic rings. The molecule has 0 heterocycles. The molecule has 2 amide bonds. The van der Waals surface area contributed by atoms with Crippen LogP contribution in [0.1, 0.15) is 6.92 Å². The molecule has 0 fully saturated rings. The van der Waals surface area contributed by atoms with Crippen molar-refractivity contribution < 1.29 is 19.8 Å². The summed E-state index contributed by atoms with van der Waals surface area (Å²) in [5.41, 5.74) is 4.69. The van der Waals surface area contributed by atoms with E-state index in [0.29, 0.717) is 0 Å². The number of hydrogen-bond acceptors (Lipinski definition) is 4. The number of carbonyl (C=O) groups is 2. The molecule has 9 heteroatoms. The number of nitrogens with two attached hydrogens (primary N) is 1. The number of nitrogens with one attached hydrogen (secondary N) is 1. The Bertz CT molecular complexity index is 203. The van der Waals surface area contributed by atoms with Crippen molar-refractivity contribution in [2.75, 3.05) is 6.54 Å². The number of primary amides is 1. The zero-order chi connectivity index (χ0) is 12.6. The molecule has 0 bridgehead atoms. The summed E-state index contributed by atoms with van der Waals surface area (Å²) in [6.07, 6.45) is -1.91. The highest BCUT2D eigenvalue weighted by molar-refractivity contribution is 6.67. The Kier molecular flexibility index (Phi) is 9.08. The first-order valence-electron chi connectivity index (χ1n) is 3.53. The Labute approximate surface area is 101 Å². The molecule has 90 valence electrons. The third kappa shape index (κ3) is 16.4. The Balaban J connectivity index is 0. The van der Waals surface area contributed by atoms with Gasteiger partial charge in [0.25, 0.3) is 0 Å². The zero-order valence-corrected chi connectivity index (χ0v) is 9.97. The second-order valence-corrected chi connectivity index (χ2v) is 4.66. The number of rotatable bonds is 2. The van der Waals surface area contributed by atoms with Crippen molar-refractivity contribution in [3.05, 3.63) is 0 Å². The summed E-state index contributed by atoms with van der Waals surface area (Å²) in [6, 6.07) is 0. The molecule has 15 heavy (non-hydrogen) atoms. The van der Waals surface area contributed by atoms with E-state index in [1.165, 1.54) is 6.92 Å². The van der Waals surface area contributed by atoms with E-state index < -0.39 is 16.0 Å². The van der Waals surface area contributed by atoms with Crippen molar-refractivity contribution >= 4 is 46.6 Å². The third-order valence-electron chi connectivity index (χ3n) is 0.804.